The Balaban J connectivity index is 2.35. The van der Waals surface area contributed by atoms with Crippen LogP contribution < -0.4 is 0 Å². The van der Waals surface area contributed by atoms with Crippen LogP contribution in [0.2, 0.25) is 8.67 Å². The summed E-state index contributed by atoms with van der Waals surface area (Å²) in [4.78, 5) is 14.2. The normalized spacial score (nSPS) is 11.8. The van der Waals surface area contributed by atoms with Gasteiger partial charge < -0.3 is 0 Å². The summed E-state index contributed by atoms with van der Waals surface area (Å²) < 4.78 is 0.992. The number of carbonyl (C=O) groups excluding carboxylic acids is 1. The second-order valence-corrected chi connectivity index (χ2v) is 8.35. The molecule has 0 amide bonds. The van der Waals surface area contributed by atoms with Gasteiger partial charge in [-0.25, -0.2) is 0 Å². The average molecular weight is 319 g/mol. The van der Waals surface area contributed by atoms with Crippen LogP contribution in [0.15, 0.2) is 18.2 Å². The summed E-state index contributed by atoms with van der Waals surface area (Å²) in [5.74, 6) is -0.0522. The van der Waals surface area contributed by atoms with Gasteiger partial charge in [0.05, 0.1) is 14.8 Å². The van der Waals surface area contributed by atoms with Crippen LogP contribution in [0.4, 0.5) is 0 Å². The molecule has 0 radical (unpaired) electrons. The highest BCUT2D eigenvalue weighted by Crippen LogP contribution is 2.35. The Hall–Kier alpha value is -0.350. The summed E-state index contributed by atoms with van der Waals surface area (Å²) in [6.45, 7) is 6.38. The molecule has 0 saturated heterocycles. The zero-order valence-electron chi connectivity index (χ0n) is 10.2. The molecule has 2 rings (SSSR count). The molecule has 0 spiro atoms. The second kappa shape index (κ2) is 4.97. The third-order valence-electron chi connectivity index (χ3n) is 2.47. The number of halogens is 2. The van der Waals surface area contributed by atoms with E-state index < -0.39 is 0 Å². The average Bonchev–Trinajstić information content (AvgIpc) is 2.83. The SMILES string of the molecule is CC(C)(C)c1ccc(C(=O)c2cc(Cl)sc2Cl)s1. The van der Waals surface area contributed by atoms with Gasteiger partial charge in [0, 0.05) is 4.88 Å². The van der Waals surface area contributed by atoms with Crippen molar-refractivity contribution in [3.8, 4) is 0 Å². The fourth-order valence-electron chi connectivity index (χ4n) is 1.49. The monoisotopic (exact) mass is 318 g/mol. The summed E-state index contributed by atoms with van der Waals surface area (Å²) >= 11 is 14.6. The van der Waals surface area contributed by atoms with Crippen molar-refractivity contribution < 1.29 is 4.79 Å². The molecule has 0 aliphatic heterocycles. The first-order chi connectivity index (χ1) is 8.29. The van der Waals surface area contributed by atoms with Crippen molar-refractivity contribution in [1.82, 2.24) is 0 Å². The zero-order valence-corrected chi connectivity index (χ0v) is 13.4. The number of rotatable bonds is 2. The van der Waals surface area contributed by atoms with Crippen LogP contribution in [0.3, 0.4) is 0 Å². The molecule has 0 saturated carbocycles. The van der Waals surface area contributed by atoms with E-state index >= 15 is 0 Å². The van der Waals surface area contributed by atoms with E-state index in [0.29, 0.717) is 19.1 Å². The lowest BCUT2D eigenvalue weighted by Crippen LogP contribution is -2.07. The Morgan fingerprint density at radius 1 is 1.17 bits per heavy atom. The van der Waals surface area contributed by atoms with E-state index in [1.165, 1.54) is 27.6 Å². The van der Waals surface area contributed by atoms with E-state index in [0.717, 1.165) is 0 Å². The molecule has 0 aliphatic carbocycles. The predicted molar refractivity (Wildman–Crippen MR) is 80.8 cm³/mol. The maximum Gasteiger partial charge on any atom is 0.205 e. The molecule has 2 aromatic rings. The molecule has 0 N–H and O–H groups in total. The van der Waals surface area contributed by atoms with Gasteiger partial charge in [0.2, 0.25) is 5.78 Å². The Morgan fingerprint density at radius 3 is 2.28 bits per heavy atom. The van der Waals surface area contributed by atoms with Crippen molar-refractivity contribution in [3.05, 3.63) is 42.2 Å². The topological polar surface area (TPSA) is 17.1 Å². The van der Waals surface area contributed by atoms with E-state index in [-0.39, 0.29) is 11.2 Å². The highest BCUT2D eigenvalue weighted by atomic mass is 35.5. The first-order valence-electron chi connectivity index (χ1n) is 5.39. The molecule has 96 valence electrons. The first kappa shape index (κ1) is 14.1. The molecule has 2 heterocycles. The van der Waals surface area contributed by atoms with Crippen LogP contribution in [0.5, 0.6) is 0 Å². The molecule has 1 nitrogen and oxygen atoms in total. The van der Waals surface area contributed by atoms with Crippen LogP contribution >= 0.6 is 45.9 Å². The van der Waals surface area contributed by atoms with Gasteiger partial charge in [-0.3, -0.25) is 4.79 Å². The lowest BCUT2D eigenvalue weighted by molar-refractivity contribution is 0.104. The van der Waals surface area contributed by atoms with Gasteiger partial charge in [-0.1, -0.05) is 44.0 Å². The van der Waals surface area contributed by atoms with Crippen molar-refractivity contribution in [2.45, 2.75) is 26.2 Å². The Labute approximate surface area is 124 Å². The second-order valence-electron chi connectivity index (χ2n) is 4.98. The fourth-order valence-corrected chi connectivity index (χ4v) is 3.97. The van der Waals surface area contributed by atoms with Crippen molar-refractivity contribution in [2.75, 3.05) is 0 Å². The van der Waals surface area contributed by atoms with Gasteiger partial charge in [-0.05, 0) is 23.6 Å². The summed E-state index contributed by atoms with van der Waals surface area (Å²) in [6, 6.07) is 5.49. The van der Waals surface area contributed by atoms with Crippen LogP contribution in [-0.4, -0.2) is 5.78 Å². The van der Waals surface area contributed by atoms with Crippen molar-refractivity contribution in [3.63, 3.8) is 0 Å². The number of carbonyl (C=O) groups is 1. The van der Waals surface area contributed by atoms with Crippen LogP contribution in [0.1, 0.15) is 40.9 Å². The molecule has 18 heavy (non-hydrogen) atoms. The minimum atomic E-state index is -0.0522. The summed E-state index contributed by atoms with van der Waals surface area (Å²) in [7, 11) is 0. The van der Waals surface area contributed by atoms with Crippen LogP contribution in [0.25, 0.3) is 0 Å². The van der Waals surface area contributed by atoms with Crippen molar-refractivity contribution in [2.24, 2.45) is 0 Å². The number of ketones is 1. The molecule has 0 fully saturated rings. The molecule has 0 aliphatic rings. The van der Waals surface area contributed by atoms with E-state index in [2.05, 4.69) is 20.8 Å². The fraction of sp³-hybridized carbons (Fsp3) is 0.308. The van der Waals surface area contributed by atoms with Gasteiger partial charge in [0.25, 0.3) is 0 Å². The largest absolute Gasteiger partial charge is 0.288 e. The Morgan fingerprint density at radius 2 is 1.83 bits per heavy atom. The Bertz CT molecular complexity index is 590. The van der Waals surface area contributed by atoms with E-state index in [1.807, 2.05) is 12.1 Å². The van der Waals surface area contributed by atoms with Gasteiger partial charge in [0.15, 0.2) is 0 Å². The van der Waals surface area contributed by atoms with Gasteiger partial charge in [-0.2, -0.15) is 0 Å². The third kappa shape index (κ3) is 2.80. The number of hydrogen-bond acceptors (Lipinski definition) is 3. The summed E-state index contributed by atoms with van der Waals surface area (Å²) in [5.41, 5.74) is 0.549. The first-order valence-corrected chi connectivity index (χ1v) is 7.78. The zero-order chi connectivity index (χ0) is 13.5. The molecule has 5 heteroatoms. The Kier molecular flexibility index (Phi) is 3.88. The van der Waals surface area contributed by atoms with Crippen LogP contribution in [-0.2, 0) is 5.41 Å². The molecule has 0 aromatic carbocycles. The van der Waals surface area contributed by atoms with E-state index in [4.69, 9.17) is 23.2 Å². The highest BCUT2D eigenvalue weighted by Gasteiger charge is 2.21. The minimum Gasteiger partial charge on any atom is -0.288 e. The molecular weight excluding hydrogens is 307 g/mol. The molecule has 2 aromatic heterocycles. The smallest absolute Gasteiger partial charge is 0.205 e. The van der Waals surface area contributed by atoms with Crippen LogP contribution in [0, 0.1) is 0 Å². The summed E-state index contributed by atoms with van der Waals surface area (Å²) in [5, 5.41) is 0. The van der Waals surface area contributed by atoms with Crippen molar-refractivity contribution in [1.29, 1.82) is 0 Å². The number of hydrogen-bond donors (Lipinski definition) is 0. The highest BCUT2D eigenvalue weighted by molar-refractivity contribution is 7.20. The predicted octanol–water partition coefficient (Wildman–Crippen LogP) is 5.64. The minimum absolute atomic E-state index is 0.0522. The maximum atomic E-state index is 12.3. The molecule has 0 bridgehead atoms. The lowest BCUT2D eigenvalue weighted by Gasteiger charge is -2.15. The molecular formula is C13H12Cl2OS2. The standard InChI is InChI=1S/C13H12Cl2OS2/c1-13(2,3)9-5-4-8(17-9)11(16)7-6-10(14)18-12(7)15/h4-6H,1-3H3. The summed E-state index contributed by atoms with van der Waals surface area (Å²) in [6.07, 6.45) is 0. The lowest BCUT2D eigenvalue weighted by atomic mass is 9.95. The molecule has 0 unspecified atom stereocenters. The van der Waals surface area contributed by atoms with Gasteiger partial charge in [0.1, 0.15) is 4.34 Å². The van der Waals surface area contributed by atoms with E-state index in [1.54, 1.807) is 6.07 Å². The third-order valence-corrected chi connectivity index (χ3v) is 5.47. The molecule has 0 atom stereocenters. The number of thiophene rings is 2. The van der Waals surface area contributed by atoms with Gasteiger partial charge >= 0.3 is 0 Å². The van der Waals surface area contributed by atoms with E-state index in [9.17, 15) is 4.79 Å². The quantitative estimate of drug-likeness (QED) is 0.654. The van der Waals surface area contributed by atoms with Crippen molar-refractivity contribution >= 4 is 51.7 Å². The maximum absolute atomic E-state index is 12.3. The van der Waals surface area contributed by atoms with Gasteiger partial charge in [-0.15, -0.1) is 22.7 Å².